The molecule has 0 aromatic heterocycles. The van der Waals surface area contributed by atoms with Gasteiger partial charge in [-0.25, -0.2) is 0 Å². The molecule has 1 aromatic carbocycles. The number of carboxylic acids is 1. The molecule has 1 heterocycles. The molecule has 2 rings (SSSR count). The molecule has 1 saturated heterocycles. The number of carbonyl (C=O) groups is 2. The van der Waals surface area contributed by atoms with Crippen molar-refractivity contribution in [2.45, 2.75) is 19.0 Å². The fourth-order valence-electron chi connectivity index (χ4n) is 2.26. The Morgan fingerprint density at radius 3 is 2.72 bits per heavy atom. The molecule has 96 valence electrons. The third-order valence-electron chi connectivity index (χ3n) is 3.23. The molecular formula is C13H16N2O3. The second-order valence-corrected chi connectivity index (χ2v) is 4.36. The fourth-order valence-corrected chi connectivity index (χ4v) is 2.26. The smallest absolute Gasteiger partial charge is 0.325 e. The molecular weight excluding hydrogens is 232 g/mol. The fraction of sp³-hybridized carbons (Fsp3) is 0.385. The van der Waals surface area contributed by atoms with Gasteiger partial charge in [0.05, 0.1) is 6.04 Å². The highest BCUT2D eigenvalue weighted by atomic mass is 16.4. The van der Waals surface area contributed by atoms with Crippen LogP contribution < -0.4 is 5.32 Å². The first kappa shape index (κ1) is 12.6. The van der Waals surface area contributed by atoms with Crippen molar-refractivity contribution >= 4 is 11.9 Å². The van der Waals surface area contributed by atoms with E-state index in [-0.39, 0.29) is 5.91 Å². The van der Waals surface area contributed by atoms with Gasteiger partial charge >= 0.3 is 5.97 Å². The third kappa shape index (κ3) is 2.36. The number of amides is 1. The van der Waals surface area contributed by atoms with Crippen LogP contribution in [0.4, 0.5) is 0 Å². The Balaban J connectivity index is 2.31. The van der Waals surface area contributed by atoms with E-state index in [2.05, 4.69) is 5.32 Å². The largest absolute Gasteiger partial charge is 0.480 e. The number of carboxylic acid groups (broad SMARTS) is 1. The first-order valence-electron chi connectivity index (χ1n) is 5.92. The topological polar surface area (TPSA) is 69.6 Å². The van der Waals surface area contributed by atoms with Crippen LogP contribution in [-0.2, 0) is 9.59 Å². The van der Waals surface area contributed by atoms with Crippen molar-refractivity contribution in [2.75, 3.05) is 13.1 Å². The number of benzene rings is 1. The van der Waals surface area contributed by atoms with Gasteiger partial charge in [0, 0.05) is 13.1 Å². The van der Waals surface area contributed by atoms with Crippen LogP contribution in [0.1, 0.15) is 18.5 Å². The molecule has 5 heteroatoms. The Morgan fingerprint density at radius 1 is 1.44 bits per heavy atom. The van der Waals surface area contributed by atoms with E-state index in [0.717, 1.165) is 0 Å². The van der Waals surface area contributed by atoms with Crippen molar-refractivity contribution in [1.29, 1.82) is 0 Å². The Bertz CT molecular complexity index is 447. The maximum Gasteiger partial charge on any atom is 0.325 e. The SMILES string of the molecule is CC1C(=O)NCCN1C(C(=O)O)c1ccccc1. The molecule has 2 N–H and O–H groups in total. The summed E-state index contributed by atoms with van der Waals surface area (Å²) in [7, 11) is 0. The highest BCUT2D eigenvalue weighted by Crippen LogP contribution is 2.24. The van der Waals surface area contributed by atoms with Gasteiger partial charge in [-0.3, -0.25) is 14.5 Å². The monoisotopic (exact) mass is 248 g/mol. The van der Waals surface area contributed by atoms with E-state index in [0.29, 0.717) is 18.7 Å². The van der Waals surface area contributed by atoms with Gasteiger partial charge in [-0.05, 0) is 12.5 Å². The Morgan fingerprint density at radius 2 is 2.11 bits per heavy atom. The van der Waals surface area contributed by atoms with Gasteiger partial charge in [0.25, 0.3) is 0 Å². The van der Waals surface area contributed by atoms with Gasteiger partial charge in [0.1, 0.15) is 6.04 Å². The lowest BCUT2D eigenvalue weighted by molar-refractivity contribution is -0.147. The van der Waals surface area contributed by atoms with E-state index in [1.165, 1.54) is 0 Å². The molecule has 1 fully saturated rings. The summed E-state index contributed by atoms with van der Waals surface area (Å²) in [6, 6.07) is 7.80. The average molecular weight is 248 g/mol. The van der Waals surface area contributed by atoms with Crippen molar-refractivity contribution in [2.24, 2.45) is 0 Å². The Kier molecular flexibility index (Phi) is 3.62. The predicted molar refractivity (Wildman–Crippen MR) is 66.0 cm³/mol. The molecule has 2 unspecified atom stereocenters. The van der Waals surface area contributed by atoms with Crippen molar-refractivity contribution in [3.63, 3.8) is 0 Å². The third-order valence-corrected chi connectivity index (χ3v) is 3.23. The van der Waals surface area contributed by atoms with Gasteiger partial charge < -0.3 is 10.4 Å². The minimum atomic E-state index is -0.928. The Labute approximate surface area is 105 Å². The van der Waals surface area contributed by atoms with Crippen LogP contribution in [-0.4, -0.2) is 41.0 Å². The molecule has 5 nitrogen and oxygen atoms in total. The van der Waals surface area contributed by atoms with E-state index in [1.807, 2.05) is 6.07 Å². The molecule has 2 atom stereocenters. The number of hydrogen-bond donors (Lipinski definition) is 2. The van der Waals surface area contributed by atoms with Crippen LogP contribution in [0, 0.1) is 0 Å². The van der Waals surface area contributed by atoms with Crippen LogP contribution >= 0.6 is 0 Å². The van der Waals surface area contributed by atoms with E-state index in [1.54, 1.807) is 36.1 Å². The molecule has 0 saturated carbocycles. The second-order valence-electron chi connectivity index (χ2n) is 4.36. The minimum Gasteiger partial charge on any atom is -0.480 e. The molecule has 1 aliphatic rings. The Hall–Kier alpha value is -1.88. The van der Waals surface area contributed by atoms with Crippen molar-refractivity contribution in [3.8, 4) is 0 Å². The summed E-state index contributed by atoms with van der Waals surface area (Å²) >= 11 is 0. The normalized spacial score (nSPS) is 22.3. The van der Waals surface area contributed by atoms with E-state index >= 15 is 0 Å². The minimum absolute atomic E-state index is 0.122. The lowest BCUT2D eigenvalue weighted by Crippen LogP contribution is -2.56. The number of nitrogens with zero attached hydrogens (tertiary/aromatic N) is 1. The van der Waals surface area contributed by atoms with E-state index in [4.69, 9.17) is 0 Å². The van der Waals surface area contributed by atoms with Crippen molar-refractivity contribution < 1.29 is 14.7 Å². The first-order chi connectivity index (χ1) is 8.61. The number of carbonyl (C=O) groups excluding carboxylic acids is 1. The van der Waals surface area contributed by atoms with Crippen LogP contribution in [0.3, 0.4) is 0 Å². The molecule has 1 aliphatic heterocycles. The van der Waals surface area contributed by atoms with Crippen LogP contribution in [0.25, 0.3) is 0 Å². The van der Waals surface area contributed by atoms with Gasteiger partial charge in [0.2, 0.25) is 5.91 Å². The van der Waals surface area contributed by atoms with Gasteiger partial charge in [-0.1, -0.05) is 30.3 Å². The van der Waals surface area contributed by atoms with Crippen LogP contribution in [0.2, 0.25) is 0 Å². The molecule has 18 heavy (non-hydrogen) atoms. The van der Waals surface area contributed by atoms with Crippen molar-refractivity contribution in [3.05, 3.63) is 35.9 Å². The lowest BCUT2D eigenvalue weighted by Gasteiger charge is -2.37. The molecule has 1 aromatic rings. The zero-order chi connectivity index (χ0) is 13.1. The summed E-state index contributed by atoms with van der Waals surface area (Å²) in [5, 5.41) is 12.1. The summed E-state index contributed by atoms with van der Waals surface area (Å²) in [6.07, 6.45) is 0. The standard InChI is InChI=1S/C13H16N2O3/c1-9-12(16)14-7-8-15(9)11(13(17)18)10-5-3-2-4-6-10/h2-6,9,11H,7-8H2,1H3,(H,14,16)(H,17,18). The molecule has 0 aliphatic carbocycles. The number of piperazine rings is 1. The molecule has 0 bridgehead atoms. The summed E-state index contributed by atoms with van der Waals surface area (Å²) in [5.74, 6) is -1.05. The molecule has 0 radical (unpaired) electrons. The van der Waals surface area contributed by atoms with Gasteiger partial charge in [0.15, 0.2) is 0 Å². The second kappa shape index (κ2) is 5.18. The predicted octanol–water partition coefficient (Wildman–Crippen LogP) is 0.633. The van der Waals surface area contributed by atoms with Crippen molar-refractivity contribution in [1.82, 2.24) is 10.2 Å². The van der Waals surface area contributed by atoms with Gasteiger partial charge in [-0.15, -0.1) is 0 Å². The number of aliphatic carboxylic acids is 1. The van der Waals surface area contributed by atoms with E-state index < -0.39 is 18.1 Å². The summed E-state index contributed by atoms with van der Waals surface area (Å²) in [5.41, 5.74) is 0.701. The number of nitrogens with one attached hydrogen (secondary N) is 1. The number of rotatable bonds is 3. The van der Waals surface area contributed by atoms with E-state index in [9.17, 15) is 14.7 Å². The highest BCUT2D eigenvalue weighted by molar-refractivity contribution is 5.84. The average Bonchev–Trinajstić information content (AvgIpc) is 2.36. The maximum atomic E-state index is 11.6. The quantitative estimate of drug-likeness (QED) is 0.823. The summed E-state index contributed by atoms with van der Waals surface area (Å²) in [6.45, 7) is 2.76. The zero-order valence-corrected chi connectivity index (χ0v) is 10.2. The van der Waals surface area contributed by atoms with Gasteiger partial charge in [-0.2, -0.15) is 0 Å². The summed E-state index contributed by atoms with van der Waals surface area (Å²) < 4.78 is 0. The zero-order valence-electron chi connectivity index (χ0n) is 10.2. The first-order valence-corrected chi connectivity index (χ1v) is 5.92. The molecule has 0 spiro atoms. The van der Waals surface area contributed by atoms with Crippen LogP contribution in [0.15, 0.2) is 30.3 Å². The highest BCUT2D eigenvalue weighted by Gasteiger charge is 2.35. The molecule has 1 amide bonds. The van der Waals surface area contributed by atoms with Crippen LogP contribution in [0.5, 0.6) is 0 Å². The maximum absolute atomic E-state index is 11.6. The number of hydrogen-bond acceptors (Lipinski definition) is 3. The lowest BCUT2D eigenvalue weighted by atomic mass is 10.0. The summed E-state index contributed by atoms with van der Waals surface area (Å²) in [4.78, 5) is 24.8.